The van der Waals surface area contributed by atoms with Gasteiger partial charge in [0.2, 0.25) is 10.5 Å². The standard InChI is InChI=1S/C15H11FN4S/c16-11-7-5-10(6-8-11)9-19-12-3-1-2-4-13(12)20-14(19)17-18-15(20)21/h1-8H,9H2,(H,18,21). The number of nitrogens with zero attached hydrogens (tertiary/aromatic N) is 3. The summed E-state index contributed by atoms with van der Waals surface area (Å²) in [5, 5.41) is 7.12. The van der Waals surface area contributed by atoms with E-state index in [1.54, 1.807) is 12.1 Å². The molecule has 0 amide bonds. The van der Waals surface area contributed by atoms with Gasteiger partial charge in [0.15, 0.2) is 0 Å². The highest BCUT2D eigenvalue weighted by Gasteiger charge is 2.12. The van der Waals surface area contributed by atoms with Crippen LogP contribution in [0.4, 0.5) is 4.39 Å². The zero-order valence-corrected chi connectivity index (χ0v) is 11.8. The lowest BCUT2D eigenvalue weighted by Crippen LogP contribution is -2.00. The Labute approximate surface area is 124 Å². The number of rotatable bonds is 2. The molecule has 0 aliphatic carbocycles. The average Bonchev–Trinajstić information content (AvgIpc) is 3.02. The molecule has 0 saturated carbocycles. The maximum absolute atomic E-state index is 13.0. The van der Waals surface area contributed by atoms with Gasteiger partial charge < -0.3 is 4.57 Å². The number of fused-ring (bicyclic) bond motifs is 3. The van der Waals surface area contributed by atoms with Crippen LogP contribution in [0.1, 0.15) is 5.56 Å². The topological polar surface area (TPSA) is 38.0 Å². The molecule has 0 bridgehead atoms. The van der Waals surface area contributed by atoms with Crippen LogP contribution in [0.25, 0.3) is 16.8 Å². The molecular formula is C15H11FN4S. The molecular weight excluding hydrogens is 287 g/mol. The van der Waals surface area contributed by atoms with E-state index >= 15 is 0 Å². The van der Waals surface area contributed by atoms with Crippen LogP contribution < -0.4 is 0 Å². The van der Waals surface area contributed by atoms with Crippen LogP contribution in [0.5, 0.6) is 0 Å². The number of hydrogen-bond acceptors (Lipinski definition) is 2. The molecule has 2 heterocycles. The third-order valence-electron chi connectivity index (χ3n) is 3.56. The Morgan fingerprint density at radius 2 is 1.76 bits per heavy atom. The molecule has 4 aromatic rings. The van der Waals surface area contributed by atoms with E-state index < -0.39 is 0 Å². The normalized spacial score (nSPS) is 11.5. The minimum Gasteiger partial charge on any atom is -0.304 e. The maximum Gasteiger partial charge on any atom is 0.235 e. The van der Waals surface area contributed by atoms with E-state index in [0.29, 0.717) is 11.3 Å². The van der Waals surface area contributed by atoms with Crippen LogP contribution in [0, 0.1) is 10.6 Å². The molecule has 4 nitrogen and oxygen atoms in total. The lowest BCUT2D eigenvalue weighted by molar-refractivity contribution is 0.626. The van der Waals surface area contributed by atoms with Crippen LogP contribution in [0.2, 0.25) is 0 Å². The molecule has 6 heteroatoms. The first-order chi connectivity index (χ1) is 10.2. The lowest BCUT2D eigenvalue weighted by atomic mass is 10.2. The first kappa shape index (κ1) is 12.3. The maximum atomic E-state index is 13.0. The van der Waals surface area contributed by atoms with Gasteiger partial charge in [0, 0.05) is 0 Å². The third kappa shape index (κ3) is 1.87. The summed E-state index contributed by atoms with van der Waals surface area (Å²) in [7, 11) is 0. The van der Waals surface area contributed by atoms with Crippen molar-refractivity contribution in [2.24, 2.45) is 0 Å². The average molecular weight is 298 g/mol. The van der Waals surface area contributed by atoms with Crippen LogP contribution >= 0.6 is 12.2 Å². The van der Waals surface area contributed by atoms with Crippen molar-refractivity contribution >= 4 is 29.0 Å². The number of aromatic nitrogens is 4. The summed E-state index contributed by atoms with van der Waals surface area (Å²) in [5.74, 6) is 0.522. The molecule has 104 valence electrons. The van der Waals surface area contributed by atoms with Crippen molar-refractivity contribution in [3.05, 3.63) is 64.7 Å². The first-order valence-corrected chi connectivity index (χ1v) is 6.94. The van der Waals surface area contributed by atoms with Gasteiger partial charge in [0.25, 0.3) is 0 Å². The van der Waals surface area contributed by atoms with E-state index in [1.807, 2.05) is 28.7 Å². The summed E-state index contributed by atoms with van der Waals surface area (Å²) in [6, 6.07) is 14.5. The fourth-order valence-corrected chi connectivity index (χ4v) is 2.83. The van der Waals surface area contributed by atoms with Crippen molar-refractivity contribution in [1.29, 1.82) is 0 Å². The predicted octanol–water partition coefficient (Wildman–Crippen LogP) is 3.53. The fraction of sp³-hybridized carbons (Fsp3) is 0.0667. The number of imidazole rings is 1. The van der Waals surface area contributed by atoms with Crippen molar-refractivity contribution in [3.63, 3.8) is 0 Å². The quantitative estimate of drug-likeness (QED) is 0.575. The van der Waals surface area contributed by atoms with Crippen molar-refractivity contribution in [1.82, 2.24) is 19.2 Å². The Bertz CT molecular complexity index is 994. The predicted molar refractivity (Wildman–Crippen MR) is 81.4 cm³/mol. The number of H-pyrrole nitrogens is 1. The Morgan fingerprint density at radius 3 is 2.52 bits per heavy atom. The van der Waals surface area contributed by atoms with Crippen molar-refractivity contribution in [2.45, 2.75) is 6.54 Å². The van der Waals surface area contributed by atoms with Gasteiger partial charge in [-0.25, -0.2) is 9.49 Å². The van der Waals surface area contributed by atoms with Crippen molar-refractivity contribution in [2.75, 3.05) is 0 Å². The van der Waals surface area contributed by atoms with Gasteiger partial charge in [-0.2, -0.15) is 0 Å². The van der Waals surface area contributed by atoms with Gasteiger partial charge in [-0.1, -0.05) is 24.3 Å². The van der Waals surface area contributed by atoms with Crippen molar-refractivity contribution < 1.29 is 4.39 Å². The lowest BCUT2D eigenvalue weighted by Gasteiger charge is -2.05. The molecule has 0 atom stereocenters. The van der Waals surface area contributed by atoms with E-state index in [0.717, 1.165) is 22.4 Å². The van der Waals surface area contributed by atoms with Gasteiger partial charge in [0.1, 0.15) is 5.82 Å². The van der Waals surface area contributed by atoms with Crippen LogP contribution in [-0.4, -0.2) is 19.2 Å². The third-order valence-corrected chi connectivity index (χ3v) is 3.84. The molecule has 4 rings (SSSR count). The van der Waals surface area contributed by atoms with Gasteiger partial charge in [-0.3, -0.25) is 4.40 Å². The molecule has 2 aromatic heterocycles. The molecule has 0 radical (unpaired) electrons. The number of para-hydroxylation sites is 2. The number of halogens is 1. The van der Waals surface area contributed by atoms with Crippen LogP contribution in [0.15, 0.2) is 48.5 Å². The fourth-order valence-electron chi connectivity index (χ4n) is 2.60. The zero-order valence-electron chi connectivity index (χ0n) is 11.0. The Morgan fingerprint density at radius 1 is 1.05 bits per heavy atom. The number of aromatic amines is 1. The molecule has 1 N–H and O–H groups in total. The molecule has 21 heavy (non-hydrogen) atoms. The second-order valence-electron chi connectivity index (χ2n) is 4.87. The Hall–Kier alpha value is -2.47. The summed E-state index contributed by atoms with van der Waals surface area (Å²) in [4.78, 5) is 0. The molecule has 0 fully saturated rings. The molecule has 0 aliphatic rings. The Balaban J connectivity index is 1.97. The smallest absolute Gasteiger partial charge is 0.235 e. The van der Waals surface area contributed by atoms with E-state index in [4.69, 9.17) is 12.2 Å². The summed E-state index contributed by atoms with van der Waals surface area (Å²) >= 11 is 5.29. The van der Waals surface area contributed by atoms with E-state index in [1.165, 1.54) is 12.1 Å². The number of benzene rings is 2. The molecule has 0 saturated heterocycles. The molecule has 2 aromatic carbocycles. The number of hydrogen-bond donors (Lipinski definition) is 1. The van der Waals surface area contributed by atoms with Gasteiger partial charge in [0.05, 0.1) is 17.6 Å². The first-order valence-electron chi connectivity index (χ1n) is 6.53. The highest BCUT2D eigenvalue weighted by Crippen LogP contribution is 2.21. The molecule has 0 aliphatic heterocycles. The monoisotopic (exact) mass is 298 g/mol. The van der Waals surface area contributed by atoms with Gasteiger partial charge in [-0.15, -0.1) is 5.10 Å². The largest absolute Gasteiger partial charge is 0.304 e. The highest BCUT2D eigenvalue weighted by atomic mass is 32.1. The van der Waals surface area contributed by atoms with E-state index in [9.17, 15) is 4.39 Å². The molecule has 0 unspecified atom stereocenters. The van der Waals surface area contributed by atoms with Gasteiger partial charge in [-0.05, 0) is 42.0 Å². The van der Waals surface area contributed by atoms with E-state index in [2.05, 4.69) is 14.8 Å². The summed E-state index contributed by atoms with van der Waals surface area (Å²) in [6.45, 7) is 0.608. The highest BCUT2D eigenvalue weighted by molar-refractivity contribution is 7.71. The van der Waals surface area contributed by atoms with Crippen LogP contribution in [0.3, 0.4) is 0 Å². The van der Waals surface area contributed by atoms with Crippen LogP contribution in [-0.2, 0) is 6.54 Å². The Kier molecular flexibility index (Phi) is 2.65. The minimum absolute atomic E-state index is 0.233. The van der Waals surface area contributed by atoms with E-state index in [-0.39, 0.29) is 5.82 Å². The zero-order chi connectivity index (χ0) is 14.4. The number of nitrogens with one attached hydrogen (secondary N) is 1. The van der Waals surface area contributed by atoms with Crippen molar-refractivity contribution in [3.8, 4) is 0 Å². The SMILES string of the molecule is Fc1ccc(Cn2c3ccccc3n3c(=S)[nH]nc23)cc1. The molecule has 0 spiro atoms. The second kappa shape index (κ2) is 4.53. The summed E-state index contributed by atoms with van der Waals surface area (Å²) in [6.07, 6.45) is 0. The summed E-state index contributed by atoms with van der Waals surface area (Å²) < 4.78 is 17.6. The summed E-state index contributed by atoms with van der Waals surface area (Å²) in [5.41, 5.74) is 3.06. The van der Waals surface area contributed by atoms with Gasteiger partial charge >= 0.3 is 0 Å². The minimum atomic E-state index is -0.233. The second-order valence-corrected chi connectivity index (χ2v) is 5.25.